The van der Waals surface area contributed by atoms with Gasteiger partial charge in [-0.25, -0.2) is 0 Å². The lowest BCUT2D eigenvalue weighted by atomic mass is 10.2. The van der Waals surface area contributed by atoms with Crippen molar-refractivity contribution in [1.82, 2.24) is 9.80 Å². The summed E-state index contributed by atoms with van der Waals surface area (Å²) >= 11 is 0. The third kappa shape index (κ3) is 5.62. The first-order valence-corrected chi connectivity index (χ1v) is 8.51. The van der Waals surface area contributed by atoms with Crippen LogP contribution < -0.4 is 9.47 Å². The van der Waals surface area contributed by atoms with Crippen molar-refractivity contribution in [3.63, 3.8) is 0 Å². The van der Waals surface area contributed by atoms with E-state index in [2.05, 4.69) is 11.0 Å². The highest BCUT2D eigenvalue weighted by molar-refractivity contribution is 5.78. The summed E-state index contributed by atoms with van der Waals surface area (Å²) in [5, 5.41) is 18.4. The number of piperazine rings is 1. The molecular formula is C18H25N3O4. The summed E-state index contributed by atoms with van der Waals surface area (Å²) in [6, 6.07) is 6.95. The predicted octanol–water partition coefficient (Wildman–Crippen LogP) is 0.861. The topological polar surface area (TPSA) is 86.0 Å². The lowest BCUT2D eigenvalue weighted by molar-refractivity contribution is -0.135. The first-order chi connectivity index (χ1) is 12.0. The van der Waals surface area contributed by atoms with Gasteiger partial charge in [-0.15, -0.1) is 0 Å². The summed E-state index contributed by atoms with van der Waals surface area (Å²) in [6.45, 7) is 7.37. The van der Waals surface area contributed by atoms with E-state index >= 15 is 0 Å². The number of aliphatic hydroxyl groups is 1. The molecule has 7 nitrogen and oxygen atoms in total. The van der Waals surface area contributed by atoms with E-state index in [9.17, 15) is 9.90 Å². The number of aliphatic hydroxyl groups excluding tert-OH is 1. The number of hydrogen-bond donors (Lipinski definition) is 1. The SMILES string of the molecule is CCOc1cc(C#N)ccc1OCC(=O)N1CCN(C[C@@H](C)O)CC1. The number of carbonyl (C=O) groups is 1. The highest BCUT2D eigenvalue weighted by atomic mass is 16.5. The van der Waals surface area contributed by atoms with Crippen LogP contribution in [0.25, 0.3) is 0 Å². The van der Waals surface area contributed by atoms with Gasteiger partial charge in [0.05, 0.1) is 24.3 Å². The normalized spacial score (nSPS) is 16.2. The third-order valence-corrected chi connectivity index (χ3v) is 3.97. The van der Waals surface area contributed by atoms with Crippen LogP contribution in [0.15, 0.2) is 18.2 Å². The summed E-state index contributed by atoms with van der Waals surface area (Å²) in [4.78, 5) is 16.2. The fourth-order valence-corrected chi connectivity index (χ4v) is 2.75. The molecule has 1 aliphatic heterocycles. The Hall–Kier alpha value is -2.30. The molecule has 1 atom stereocenters. The number of nitrogens with zero attached hydrogens (tertiary/aromatic N) is 3. The molecule has 1 aromatic carbocycles. The number of nitriles is 1. The largest absolute Gasteiger partial charge is 0.490 e. The standard InChI is InChI=1S/C18H25N3O4/c1-3-24-17-10-15(11-19)4-5-16(17)25-13-18(23)21-8-6-20(7-9-21)12-14(2)22/h4-5,10,14,22H,3,6-9,12-13H2,1-2H3/t14-/m1/s1. The van der Waals surface area contributed by atoms with Gasteiger partial charge in [-0.2, -0.15) is 5.26 Å². The second kappa shape index (κ2) is 9.25. The first-order valence-electron chi connectivity index (χ1n) is 8.51. The van der Waals surface area contributed by atoms with Crippen LogP contribution >= 0.6 is 0 Å². The minimum absolute atomic E-state index is 0.0671. The minimum atomic E-state index is -0.362. The van der Waals surface area contributed by atoms with Gasteiger partial charge >= 0.3 is 0 Å². The molecule has 1 aromatic rings. The Bertz CT molecular complexity index is 619. The van der Waals surface area contributed by atoms with Crippen LogP contribution in [-0.2, 0) is 4.79 Å². The molecule has 0 aliphatic carbocycles. The molecule has 0 bridgehead atoms. The van der Waals surface area contributed by atoms with E-state index in [1.807, 2.05) is 6.92 Å². The maximum Gasteiger partial charge on any atom is 0.260 e. The van der Waals surface area contributed by atoms with Crippen molar-refractivity contribution in [3.8, 4) is 17.6 Å². The Morgan fingerprint density at radius 2 is 2.00 bits per heavy atom. The molecule has 7 heteroatoms. The van der Waals surface area contributed by atoms with Gasteiger partial charge in [-0.3, -0.25) is 9.69 Å². The van der Waals surface area contributed by atoms with Crippen molar-refractivity contribution in [2.75, 3.05) is 45.9 Å². The zero-order chi connectivity index (χ0) is 18.2. The quantitative estimate of drug-likeness (QED) is 0.787. The average molecular weight is 347 g/mol. The predicted molar refractivity (Wildman–Crippen MR) is 92.5 cm³/mol. The van der Waals surface area contributed by atoms with Crippen LogP contribution in [0.2, 0.25) is 0 Å². The van der Waals surface area contributed by atoms with Gasteiger partial charge in [-0.1, -0.05) is 0 Å². The smallest absolute Gasteiger partial charge is 0.260 e. The highest BCUT2D eigenvalue weighted by Gasteiger charge is 2.22. The maximum absolute atomic E-state index is 12.3. The molecule has 0 spiro atoms. The van der Waals surface area contributed by atoms with Gasteiger partial charge < -0.3 is 19.5 Å². The highest BCUT2D eigenvalue weighted by Crippen LogP contribution is 2.28. The summed E-state index contributed by atoms with van der Waals surface area (Å²) in [5.74, 6) is 0.849. The Morgan fingerprint density at radius 1 is 1.28 bits per heavy atom. The number of β-amino-alcohol motifs (C(OH)–C–C–N with tert-alkyl or cyclic N) is 1. The van der Waals surface area contributed by atoms with Crippen LogP contribution in [0, 0.1) is 11.3 Å². The van der Waals surface area contributed by atoms with E-state index < -0.39 is 0 Å². The van der Waals surface area contributed by atoms with Crippen LogP contribution in [0.3, 0.4) is 0 Å². The Morgan fingerprint density at radius 3 is 2.60 bits per heavy atom. The molecular weight excluding hydrogens is 322 g/mol. The van der Waals surface area contributed by atoms with Crippen molar-refractivity contribution < 1.29 is 19.4 Å². The second-order valence-corrected chi connectivity index (χ2v) is 6.03. The molecule has 0 aromatic heterocycles. The van der Waals surface area contributed by atoms with Crippen molar-refractivity contribution >= 4 is 5.91 Å². The van der Waals surface area contributed by atoms with E-state index in [1.165, 1.54) is 0 Å². The van der Waals surface area contributed by atoms with Crippen LogP contribution in [0.4, 0.5) is 0 Å². The van der Waals surface area contributed by atoms with Crippen LogP contribution in [0.1, 0.15) is 19.4 Å². The Kier molecular flexibility index (Phi) is 7.04. The van der Waals surface area contributed by atoms with E-state index in [1.54, 1.807) is 30.0 Å². The second-order valence-electron chi connectivity index (χ2n) is 6.03. The minimum Gasteiger partial charge on any atom is -0.490 e. The fourth-order valence-electron chi connectivity index (χ4n) is 2.75. The monoisotopic (exact) mass is 347 g/mol. The molecule has 1 N–H and O–H groups in total. The first kappa shape index (κ1) is 19.0. The molecule has 0 saturated carbocycles. The van der Waals surface area contributed by atoms with Gasteiger partial charge in [0.2, 0.25) is 0 Å². The van der Waals surface area contributed by atoms with Crippen LogP contribution in [0.5, 0.6) is 11.5 Å². The van der Waals surface area contributed by atoms with E-state index in [4.69, 9.17) is 14.7 Å². The summed E-state index contributed by atoms with van der Waals surface area (Å²) in [7, 11) is 0. The lowest BCUT2D eigenvalue weighted by Crippen LogP contribution is -2.51. The summed E-state index contributed by atoms with van der Waals surface area (Å²) < 4.78 is 11.1. The van der Waals surface area contributed by atoms with Gasteiger partial charge in [0.1, 0.15) is 0 Å². The molecule has 0 radical (unpaired) electrons. The van der Waals surface area contributed by atoms with Crippen molar-refractivity contribution in [3.05, 3.63) is 23.8 Å². The zero-order valence-electron chi connectivity index (χ0n) is 14.8. The Labute approximate surface area is 148 Å². The number of carbonyl (C=O) groups excluding carboxylic acids is 1. The van der Waals surface area contributed by atoms with E-state index in [-0.39, 0.29) is 18.6 Å². The van der Waals surface area contributed by atoms with Crippen molar-refractivity contribution in [2.24, 2.45) is 0 Å². The number of hydrogen-bond acceptors (Lipinski definition) is 6. The molecule has 25 heavy (non-hydrogen) atoms. The molecule has 1 heterocycles. The average Bonchev–Trinajstić information content (AvgIpc) is 2.60. The maximum atomic E-state index is 12.3. The van der Waals surface area contributed by atoms with E-state index in [0.29, 0.717) is 43.3 Å². The van der Waals surface area contributed by atoms with Gasteiger partial charge in [0.15, 0.2) is 18.1 Å². The summed E-state index contributed by atoms with van der Waals surface area (Å²) in [5.41, 5.74) is 0.483. The van der Waals surface area contributed by atoms with Gasteiger partial charge in [-0.05, 0) is 26.0 Å². The number of rotatable bonds is 7. The van der Waals surface area contributed by atoms with E-state index in [0.717, 1.165) is 13.1 Å². The molecule has 2 rings (SSSR count). The molecule has 1 fully saturated rings. The summed E-state index contributed by atoms with van der Waals surface area (Å²) in [6.07, 6.45) is -0.362. The van der Waals surface area contributed by atoms with Gasteiger partial charge in [0, 0.05) is 38.8 Å². The number of benzene rings is 1. The fraction of sp³-hybridized carbons (Fsp3) is 0.556. The molecule has 1 saturated heterocycles. The third-order valence-electron chi connectivity index (χ3n) is 3.97. The van der Waals surface area contributed by atoms with Crippen molar-refractivity contribution in [2.45, 2.75) is 20.0 Å². The zero-order valence-corrected chi connectivity index (χ0v) is 14.8. The Balaban J connectivity index is 1.87. The lowest BCUT2D eigenvalue weighted by Gasteiger charge is -2.35. The number of ether oxygens (including phenoxy) is 2. The molecule has 0 unspecified atom stereocenters. The molecule has 136 valence electrons. The van der Waals surface area contributed by atoms with Gasteiger partial charge in [0.25, 0.3) is 5.91 Å². The van der Waals surface area contributed by atoms with Crippen LogP contribution in [-0.4, -0.2) is 72.9 Å². The molecule has 1 aliphatic rings. The number of amides is 1. The molecule has 1 amide bonds. The van der Waals surface area contributed by atoms with Crippen molar-refractivity contribution in [1.29, 1.82) is 5.26 Å².